The van der Waals surface area contributed by atoms with E-state index in [9.17, 15) is 14.4 Å². The number of benzene rings is 1. The number of esters is 1. The molecule has 0 saturated carbocycles. The van der Waals surface area contributed by atoms with E-state index in [0.717, 1.165) is 24.0 Å². The van der Waals surface area contributed by atoms with Gasteiger partial charge in [-0.1, -0.05) is 0 Å². The molecule has 1 aromatic carbocycles. The van der Waals surface area contributed by atoms with Crippen LogP contribution in [0.25, 0.3) is 11.0 Å². The summed E-state index contributed by atoms with van der Waals surface area (Å²) in [6, 6.07) is 2.88. The molecule has 160 valence electrons. The number of aryl methyl sites for hydroxylation is 2. The molecule has 1 fully saturated rings. The van der Waals surface area contributed by atoms with Crippen molar-refractivity contribution in [3.63, 3.8) is 0 Å². The molecule has 2 heterocycles. The van der Waals surface area contributed by atoms with Gasteiger partial charge in [-0.25, -0.2) is 14.4 Å². The Kier molecular flexibility index (Phi) is 5.08. The topological polar surface area (TPSA) is 86.0 Å². The van der Waals surface area contributed by atoms with Gasteiger partial charge in [0.05, 0.1) is 5.39 Å². The number of nitrogens with zero attached hydrogens (tertiary/aromatic N) is 1. The quantitative estimate of drug-likeness (QED) is 0.422. The van der Waals surface area contributed by atoms with Crippen molar-refractivity contribution in [2.75, 3.05) is 6.54 Å². The third kappa shape index (κ3) is 3.80. The normalized spacial score (nSPS) is 18.5. The zero-order valence-corrected chi connectivity index (χ0v) is 17.9. The summed E-state index contributed by atoms with van der Waals surface area (Å²) >= 11 is 0. The van der Waals surface area contributed by atoms with E-state index in [1.54, 1.807) is 32.9 Å². The maximum absolute atomic E-state index is 13.1. The Morgan fingerprint density at radius 3 is 2.60 bits per heavy atom. The molecule has 1 amide bonds. The van der Waals surface area contributed by atoms with Crippen LogP contribution in [0.1, 0.15) is 56.7 Å². The molecule has 30 heavy (non-hydrogen) atoms. The molecule has 7 nitrogen and oxygen atoms in total. The van der Waals surface area contributed by atoms with Crippen LogP contribution >= 0.6 is 0 Å². The average molecular weight is 413 g/mol. The molecule has 1 atom stereocenters. The number of rotatable bonds is 2. The summed E-state index contributed by atoms with van der Waals surface area (Å²) in [5.41, 5.74) is 1.86. The molecule has 4 rings (SSSR count). The van der Waals surface area contributed by atoms with Crippen LogP contribution in [-0.4, -0.2) is 35.2 Å². The number of carbonyl (C=O) groups excluding carboxylic acids is 2. The van der Waals surface area contributed by atoms with E-state index in [4.69, 9.17) is 13.9 Å². The zero-order valence-electron chi connectivity index (χ0n) is 17.9. The first-order valence-electron chi connectivity index (χ1n) is 10.4. The van der Waals surface area contributed by atoms with Crippen LogP contribution in [0.4, 0.5) is 4.79 Å². The van der Waals surface area contributed by atoms with Gasteiger partial charge in [0.2, 0.25) is 0 Å². The maximum Gasteiger partial charge on any atom is 0.411 e. The van der Waals surface area contributed by atoms with Gasteiger partial charge in [-0.15, -0.1) is 0 Å². The number of fused-ring (bicyclic) bond motifs is 3. The Bertz CT molecular complexity index is 1080. The van der Waals surface area contributed by atoms with Gasteiger partial charge in [-0.3, -0.25) is 4.90 Å². The van der Waals surface area contributed by atoms with E-state index in [1.807, 2.05) is 6.92 Å². The van der Waals surface area contributed by atoms with Crippen molar-refractivity contribution in [2.45, 2.75) is 71.4 Å². The minimum Gasteiger partial charge on any atom is -0.444 e. The number of hydrogen-bond donors (Lipinski definition) is 0. The van der Waals surface area contributed by atoms with E-state index >= 15 is 0 Å². The van der Waals surface area contributed by atoms with Crippen molar-refractivity contribution in [1.29, 1.82) is 0 Å². The maximum atomic E-state index is 13.1. The Labute approximate surface area is 174 Å². The molecule has 1 saturated heterocycles. The summed E-state index contributed by atoms with van der Waals surface area (Å²) in [4.78, 5) is 39.3. The van der Waals surface area contributed by atoms with Gasteiger partial charge in [-0.05, 0) is 83.1 Å². The predicted octanol–water partition coefficient (Wildman–Crippen LogP) is 3.90. The van der Waals surface area contributed by atoms with Crippen molar-refractivity contribution in [2.24, 2.45) is 0 Å². The van der Waals surface area contributed by atoms with Gasteiger partial charge in [0.25, 0.3) is 0 Å². The molecule has 1 aliphatic heterocycles. The van der Waals surface area contributed by atoms with Gasteiger partial charge in [0.15, 0.2) is 0 Å². The number of carbonyl (C=O) groups is 2. The number of likely N-dealkylation sites (tertiary alicyclic amines) is 1. The fourth-order valence-corrected chi connectivity index (χ4v) is 4.31. The van der Waals surface area contributed by atoms with E-state index in [1.165, 1.54) is 4.90 Å². The fraction of sp³-hybridized carbons (Fsp3) is 0.522. The Morgan fingerprint density at radius 2 is 1.87 bits per heavy atom. The molecular formula is C23H27NO6. The summed E-state index contributed by atoms with van der Waals surface area (Å²) in [6.07, 6.45) is 3.01. The monoisotopic (exact) mass is 413 g/mol. The predicted molar refractivity (Wildman–Crippen MR) is 111 cm³/mol. The van der Waals surface area contributed by atoms with E-state index in [-0.39, 0.29) is 5.63 Å². The second-order valence-electron chi connectivity index (χ2n) is 9.09. The summed E-state index contributed by atoms with van der Waals surface area (Å²) in [5, 5.41) is 0.683. The molecular weight excluding hydrogens is 386 g/mol. The number of amides is 1. The highest BCUT2D eigenvalue weighted by Crippen LogP contribution is 2.36. The molecule has 0 bridgehead atoms. The van der Waals surface area contributed by atoms with Crippen LogP contribution in [0.2, 0.25) is 0 Å². The standard InChI is InChI=1S/C23H27NO6/c1-13-11-17-19(14-7-5-8-15(14)20(25)28-17)18(12-13)29-21(26)16-9-6-10-24(16)22(27)30-23(2,3)4/h11-12,16H,5-10H2,1-4H3/t16-/m0/s1. The van der Waals surface area contributed by atoms with Gasteiger partial charge in [0, 0.05) is 12.1 Å². The first kappa shape index (κ1) is 20.4. The van der Waals surface area contributed by atoms with E-state index < -0.39 is 23.7 Å². The van der Waals surface area contributed by atoms with E-state index in [0.29, 0.717) is 48.1 Å². The van der Waals surface area contributed by atoms with Gasteiger partial charge in [-0.2, -0.15) is 0 Å². The molecule has 1 aliphatic carbocycles. The Morgan fingerprint density at radius 1 is 1.13 bits per heavy atom. The van der Waals surface area contributed by atoms with Gasteiger partial charge < -0.3 is 13.9 Å². The molecule has 0 unspecified atom stereocenters. The lowest BCUT2D eigenvalue weighted by Gasteiger charge is -2.27. The van der Waals surface area contributed by atoms with Crippen LogP contribution < -0.4 is 10.4 Å². The smallest absolute Gasteiger partial charge is 0.411 e. The minimum atomic E-state index is -0.695. The lowest BCUT2D eigenvalue weighted by atomic mass is 10.0. The number of hydrogen-bond acceptors (Lipinski definition) is 6. The molecule has 0 radical (unpaired) electrons. The van der Waals surface area contributed by atoms with Gasteiger partial charge in [0.1, 0.15) is 23.0 Å². The summed E-state index contributed by atoms with van der Waals surface area (Å²) in [7, 11) is 0. The molecule has 1 aromatic heterocycles. The third-order valence-corrected chi connectivity index (χ3v) is 5.54. The zero-order chi connectivity index (χ0) is 21.6. The summed E-state index contributed by atoms with van der Waals surface area (Å²) < 4.78 is 16.8. The van der Waals surface area contributed by atoms with Crippen LogP contribution in [0.5, 0.6) is 5.75 Å². The van der Waals surface area contributed by atoms with Crippen molar-refractivity contribution >= 4 is 23.0 Å². The second-order valence-corrected chi connectivity index (χ2v) is 9.09. The summed E-state index contributed by atoms with van der Waals surface area (Å²) in [6.45, 7) is 7.69. The Hall–Kier alpha value is -2.83. The first-order valence-corrected chi connectivity index (χ1v) is 10.4. The average Bonchev–Trinajstić information content (AvgIpc) is 3.29. The summed E-state index contributed by atoms with van der Waals surface area (Å²) in [5.74, 6) is -0.115. The highest BCUT2D eigenvalue weighted by Gasteiger charge is 2.38. The largest absolute Gasteiger partial charge is 0.444 e. The van der Waals surface area contributed by atoms with Crippen LogP contribution in [0.15, 0.2) is 21.3 Å². The highest BCUT2D eigenvalue weighted by atomic mass is 16.6. The molecule has 2 aromatic rings. The fourth-order valence-electron chi connectivity index (χ4n) is 4.31. The molecule has 2 aliphatic rings. The SMILES string of the molecule is Cc1cc(OC(=O)[C@@H]2CCCN2C(=O)OC(C)(C)C)c2c3c(c(=O)oc2c1)CCC3. The highest BCUT2D eigenvalue weighted by molar-refractivity contribution is 5.92. The van der Waals surface area contributed by atoms with Crippen LogP contribution in [-0.2, 0) is 22.4 Å². The molecule has 7 heteroatoms. The van der Waals surface area contributed by atoms with Crippen LogP contribution in [0, 0.1) is 6.92 Å². The molecule has 0 spiro atoms. The molecule has 0 N–H and O–H groups in total. The van der Waals surface area contributed by atoms with Crippen molar-refractivity contribution in [3.05, 3.63) is 39.2 Å². The van der Waals surface area contributed by atoms with Crippen LogP contribution in [0.3, 0.4) is 0 Å². The number of ether oxygens (including phenoxy) is 2. The van der Waals surface area contributed by atoms with E-state index in [2.05, 4.69) is 0 Å². The van der Waals surface area contributed by atoms with Crippen molar-refractivity contribution < 1.29 is 23.5 Å². The lowest BCUT2D eigenvalue weighted by molar-refractivity contribution is -0.139. The first-order chi connectivity index (χ1) is 14.1. The Balaban J connectivity index is 1.66. The minimum absolute atomic E-state index is 0.315. The second kappa shape index (κ2) is 7.45. The van der Waals surface area contributed by atoms with Crippen molar-refractivity contribution in [3.8, 4) is 5.75 Å². The third-order valence-electron chi connectivity index (χ3n) is 5.54. The van der Waals surface area contributed by atoms with Crippen molar-refractivity contribution in [1.82, 2.24) is 4.90 Å². The van der Waals surface area contributed by atoms with Gasteiger partial charge >= 0.3 is 17.7 Å². The lowest BCUT2D eigenvalue weighted by Crippen LogP contribution is -2.44.